The molecule has 4 unspecified atom stereocenters. The summed E-state index contributed by atoms with van der Waals surface area (Å²) in [6, 6.07) is 0. The lowest BCUT2D eigenvalue weighted by Crippen LogP contribution is -2.54. The lowest BCUT2D eigenvalue weighted by Gasteiger charge is -2.47. The Labute approximate surface area is 184 Å². The van der Waals surface area contributed by atoms with Gasteiger partial charge >= 0.3 is 11.9 Å². The number of carboxylic acid groups (broad SMARTS) is 2. The minimum atomic E-state index is -1.23. The third kappa shape index (κ3) is 6.85. The molecule has 0 radical (unpaired) electrons. The number of hydrogen-bond donors (Lipinski definition) is 2. The van der Waals surface area contributed by atoms with Gasteiger partial charge in [0.25, 0.3) is 0 Å². The van der Waals surface area contributed by atoms with Gasteiger partial charge in [-0.25, -0.2) is 0 Å². The number of carboxylic acids is 2. The molecule has 0 aromatic rings. The van der Waals surface area contributed by atoms with Crippen LogP contribution in [0.15, 0.2) is 12.2 Å². The molecular formula is C26H46O4. The van der Waals surface area contributed by atoms with Crippen molar-refractivity contribution in [3.8, 4) is 0 Å². The van der Waals surface area contributed by atoms with Gasteiger partial charge in [0.05, 0.1) is 10.8 Å². The topological polar surface area (TPSA) is 74.6 Å². The summed E-state index contributed by atoms with van der Waals surface area (Å²) in [4.78, 5) is 25.3. The van der Waals surface area contributed by atoms with Crippen LogP contribution in [-0.4, -0.2) is 22.2 Å². The Hall–Kier alpha value is -1.32. The maximum atomic E-state index is 12.7. The predicted octanol–water partition coefficient (Wildman–Crippen LogP) is 7.18. The third-order valence-corrected chi connectivity index (χ3v) is 6.88. The highest BCUT2D eigenvalue weighted by Crippen LogP contribution is 2.55. The quantitative estimate of drug-likeness (QED) is 0.365. The van der Waals surface area contributed by atoms with Gasteiger partial charge in [0, 0.05) is 0 Å². The van der Waals surface area contributed by atoms with E-state index in [-0.39, 0.29) is 10.8 Å². The SMILES string of the molecule is CC(CCC1(C(=O)O)CC=CCC1(CCC(C)CC(C)(C)C)C(=O)O)CC(C)(C)C. The molecule has 0 bridgehead atoms. The summed E-state index contributed by atoms with van der Waals surface area (Å²) < 4.78 is 0. The first-order valence-electron chi connectivity index (χ1n) is 11.7. The maximum Gasteiger partial charge on any atom is 0.311 e. The first-order chi connectivity index (χ1) is 13.5. The van der Waals surface area contributed by atoms with Crippen molar-refractivity contribution in [1.82, 2.24) is 0 Å². The first-order valence-corrected chi connectivity index (χ1v) is 11.7. The van der Waals surface area contributed by atoms with Gasteiger partial charge in [-0.3, -0.25) is 9.59 Å². The molecule has 174 valence electrons. The van der Waals surface area contributed by atoms with Crippen LogP contribution in [0, 0.1) is 33.5 Å². The molecule has 2 N–H and O–H groups in total. The van der Waals surface area contributed by atoms with Gasteiger partial charge in [-0.1, -0.05) is 67.5 Å². The van der Waals surface area contributed by atoms with Gasteiger partial charge in [0.15, 0.2) is 0 Å². The van der Waals surface area contributed by atoms with Gasteiger partial charge in [-0.2, -0.15) is 0 Å². The average Bonchev–Trinajstić information content (AvgIpc) is 2.55. The molecule has 0 heterocycles. The Morgan fingerprint density at radius 3 is 1.30 bits per heavy atom. The molecule has 0 aliphatic heterocycles. The fourth-order valence-corrected chi connectivity index (χ4v) is 5.72. The van der Waals surface area contributed by atoms with Crippen LogP contribution < -0.4 is 0 Å². The van der Waals surface area contributed by atoms with E-state index >= 15 is 0 Å². The smallest absolute Gasteiger partial charge is 0.311 e. The minimum Gasteiger partial charge on any atom is -0.481 e. The highest BCUT2D eigenvalue weighted by molar-refractivity contribution is 5.87. The van der Waals surface area contributed by atoms with Crippen LogP contribution in [0.5, 0.6) is 0 Å². The largest absolute Gasteiger partial charge is 0.481 e. The maximum absolute atomic E-state index is 12.7. The van der Waals surface area contributed by atoms with Gasteiger partial charge in [0.1, 0.15) is 0 Å². The normalized spacial score (nSPS) is 26.9. The molecule has 0 saturated carbocycles. The summed E-state index contributed by atoms with van der Waals surface area (Å²) in [6.07, 6.45) is 8.73. The summed E-state index contributed by atoms with van der Waals surface area (Å²) in [5, 5.41) is 20.7. The minimum absolute atomic E-state index is 0.175. The van der Waals surface area contributed by atoms with Crippen LogP contribution in [0.25, 0.3) is 0 Å². The highest BCUT2D eigenvalue weighted by Gasteiger charge is 2.60. The summed E-state index contributed by atoms with van der Waals surface area (Å²) in [5.74, 6) is -1.17. The molecule has 0 aromatic carbocycles. The molecule has 4 nitrogen and oxygen atoms in total. The van der Waals surface area contributed by atoms with Crippen LogP contribution in [0.1, 0.15) is 107 Å². The summed E-state index contributed by atoms with van der Waals surface area (Å²) in [6.45, 7) is 17.5. The molecular weight excluding hydrogens is 376 g/mol. The Morgan fingerprint density at radius 2 is 1.07 bits per heavy atom. The molecule has 1 rings (SSSR count). The number of carbonyl (C=O) groups is 2. The van der Waals surface area contributed by atoms with Gasteiger partial charge in [-0.05, 0) is 74.0 Å². The second-order valence-electron chi connectivity index (χ2n) is 12.5. The Morgan fingerprint density at radius 1 is 0.767 bits per heavy atom. The van der Waals surface area contributed by atoms with E-state index in [0.29, 0.717) is 37.5 Å². The van der Waals surface area contributed by atoms with Crippen LogP contribution >= 0.6 is 0 Å². The monoisotopic (exact) mass is 422 g/mol. The fraction of sp³-hybridized carbons (Fsp3) is 0.846. The Balaban J connectivity index is 3.17. The molecule has 0 aromatic heterocycles. The second-order valence-corrected chi connectivity index (χ2v) is 12.5. The van der Waals surface area contributed by atoms with E-state index in [0.717, 1.165) is 25.7 Å². The zero-order chi connectivity index (χ0) is 23.4. The van der Waals surface area contributed by atoms with E-state index in [2.05, 4.69) is 55.4 Å². The van der Waals surface area contributed by atoms with Crippen molar-refractivity contribution in [2.75, 3.05) is 0 Å². The van der Waals surface area contributed by atoms with Crippen LogP contribution in [0.3, 0.4) is 0 Å². The van der Waals surface area contributed by atoms with Crippen LogP contribution in [0.4, 0.5) is 0 Å². The highest BCUT2D eigenvalue weighted by atomic mass is 16.4. The van der Waals surface area contributed by atoms with Crippen molar-refractivity contribution in [1.29, 1.82) is 0 Å². The first kappa shape index (κ1) is 26.7. The van der Waals surface area contributed by atoms with Gasteiger partial charge in [0.2, 0.25) is 0 Å². The van der Waals surface area contributed by atoms with Crippen molar-refractivity contribution >= 4 is 11.9 Å². The molecule has 1 aliphatic rings. The zero-order valence-electron chi connectivity index (χ0n) is 20.7. The van der Waals surface area contributed by atoms with Crippen LogP contribution in [-0.2, 0) is 9.59 Å². The molecule has 4 heteroatoms. The van der Waals surface area contributed by atoms with Crippen LogP contribution in [0.2, 0.25) is 0 Å². The Bertz CT molecular complexity index is 568. The van der Waals surface area contributed by atoms with E-state index in [1.807, 2.05) is 12.2 Å². The third-order valence-electron chi connectivity index (χ3n) is 6.88. The van der Waals surface area contributed by atoms with E-state index in [1.165, 1.54) is 0 Å². The predicted molar refractivity (Wildman–Crippen MR) is 123 cm³/mol. The van der Waals surface area contributed by atoms with Crippen molar-refractivity contribution in [2.45, 2.75) is 107 Å². The number of allylic oxidation sites excluding steroid dienone is 2. The molecule has 4 atom stereocenters. The summed E-state index contributed by atoms with van der Waals surface area (Å²) >= 11 is 0. The summed E-state index contributed by atoms with van der Waals surface area (Å²) in [5.41, 5.74) is -2.12. The van der Waals surface area contributed by atoms with Crippen molar-refractivity contribution in [3.63, 3.8) is 0 Å². The summed E-state index contributed by atoms with van der Waals surface area (Å²) in [7, 11) is 0. The zero-order valence-corrected chi connectivity index (χ0v) is 20.7. The van der Waals surface area contributed by atoms with Crippen molar-refractivity contribution < 1.29 is 19.8 Å². The van der Waals surface area contributed by atoms with E-state index in [4.69, 9.17) is 0 Å². The lowest BCUT2D eigenvalue weighted by atomic mass is 9.53. The molecule has 0 amide bonds. The molecule has 30 heavy (non-hydrogen) atoms. The number of rotatable bonds is 10. The van der Waals surface area contributed by atoms with E-state index in [9.17, 15) is 19.8 Å². The fourth-order valence-electron chi connectivity index (χ4n) is 5.72. The Kier molecular flexibility index (Phi) is 8.79. The molecule has 1 aliphatic carbocycles. The molecule has 0 spiro atoms. The van der Waals surface area contributed by atoms with Gasteiger partial charge < -0.3 is 10.2 Å². The van der Waals surface area contributed by atoms with Crippen molar-refractivity contribution in [2.24, 2.45) is 33.5 Å². The molecule has 0 saturated heterocycles. The number of aliphatic carboxylic acids is 2. The van der Waals surface area contributed by atoms with Crippen molar-refractivity contribution in [3.05, 3.63) is 12.2 Å². The van der Waals surface area contributed by atoms with E-state index in [1.54, 1.807) is 0 Å². The van der Waals surface area contributed by atoms with E-state index < -0.39 is 22.8 Å². The lowest BCUT2D eigenvalue weighted by molar-refractivity contribution is -0.178. The number of hydrogen-bond acceptors (Lipinski definition) is 2. The average molecular weight is 423 g/mol. The second kappa shape index (κ2) is 9.87. The molecule has 0 fully saturated rings. The van der Waals surface area contributed by atoms with Gasteiger partial charge in [-0.15, -0.1) is 0 Å². The standard InChI is InChI=1S/C26H46O4/c1-19(17-23(3,4)5)11-15-25(21(27)28)13-9-10-14-26(25,22(29)30)16-12-20(2)18-24(6,7)8/h9-10,19-20H,11-18H2,1-8H3,(H,27,28)(H,29,30).